The highest BCUT2D eigenvalue weighted by Gasteiger charge is 2.05. The summed E-state index contributed by atoms with van der Waals surface area (Å²) in [7, 11) is 0. The molecule has 0 saturated carbocycles. The van der Waals surface area contributed by atoms with Crippen molar-refractivity contribution < 1.29 is 9.53 Å². The molecule has 1 aromatic rings. The number of hydrogen-bond donors (Lipinski definition) is 0. The molecule has 0 aliphatic rings. The minimum absolute atomic E-state index is 0.172. The van der Waals surface area contributed by atoms with Crippen molar-refractivity contribution >= 4 is 12.0 Å². The number of rotatable bonds is 4. The molecule has 0 aliphatic carbocycles. The molecule has 15 heavy (non-hydrogen) atoms. The molecule has 0 N–H and O–H groups in total. The van der Waals surface area contributed by atoms with Gasteiger partial charge in [0, 0.05) is 6.07 Å². The van der Waals surface area contributed by atoms with Crippen molar-refractivity contribution in [3.05, 3.63) is 34.8 Å². The molecular weight excluding hydrogens is 196 g/mol. The van der Waals surface area contributed by atoms with E-state index in [9.17, 15) is 9.59 Å². The van der Waals surface area contributed by atoms with Crippen LogP contribution in [0.15, 0.2) is 23.5 Å². The summed E-state index contributed by atoms with van der Waals surface area (Å²) >= 11 is 0. The van der Waals surface area contributed by atoms with Crippen LogP contribution in [0.2, 0.25) is 0 Å². The van der Waals surface area contributed by atoms with Gasteiger partial charge in [-0.3, -0.25) is 9.59 Å². The lowest BCUT2D eigenvalue weighted by molar-refractivity contribution is -0.144. The van der Waals surface area contributed by atoms with Gasteiger partial charge in [-0.1, -0.05) is 6.58 Å². The fourth-order valence-corrected chi connectivity index (χ4v) is 1.02. The van der Waals surface area contributed by atoms with E-state index in [1.54, 1.807) is 6.92 Å². The van der Waals surface area contributed by atoms with Gasteiger partial charge in [-0.15, -0.1) is 0 Å². The first kappa shape index (κ1) is 11.2. The highest BCUT2D eigenvalue weighted by atomic mass is 16.5. The molecule has 1 rings (SSSR count). The van der Waals surface area contributed by atoms with Crippen LogP contribution >= 0.6 is 0 Å². The van der Waals surface area contributed by atoms with E-state index in [1.165, 1.54) is 18.2 Å². The lowest BCUT2D eigenvalue weighted by Crippen LogP contribution is -2.27. The topological polar surface area (TPSA) is 61.2 Å². The maximum absolute atomic E-state index is 11.3. The van der Waals surface area contributed by atoms with Crippen molar-refractivity contribution in [1.82, 2.24) is 9.78 Å². The SMILES string of the molecule is C=Cc1ccc(=O)n(CC(=O)OCC)n1. The summed E-state index contributed by atoms with van der Waals surface area (Å²) in [5.41, 5.74) is 0.201. The molecule has 0 atom stereocenters. The Balaban J connectivity index is 2.88. The zero-order chi connectivity index (χ0) is 11.3. The Morgan fingerprint density at radius 2 is 2.40 bits per heavy atom. The highest BCUT2D eigenvalue weighted by molar-refractivity contribution is 5.68. The smallest absolute Gasteiger partial charge is 0.327 e. The average molecular weight is 208 g/mol. The molecule has 0 spiro atoms. The molecule has 0 radical (unpaired) electrons. The summed E-state index contributed by atoms with van der Waals surface area (Å²) < 4.78 is 5.76. The number of carbonyl (C=O) groups excluding carboxylic acids is 1. The maximum Gasteiger partial charge on any atom is 0.327 e. The third kappa shape index (κ3) is 3.05. The van der Waals surface area contributed by atoms with Crippen LogP contribution in [0.1, 0.15) is 12.6 Å². The van der Waals surface area contributed by atoms with Crippen LogP contribution in [-0.4, -0.2) is 22.4 Å². The quantitative estimate of drug-likeness (QED) is 0.674. The van der Waals surface area contributed by atoms with Gasteiger partial charge < -0.3 is 4.74 Å². The van der Waals surface area contributed by atoms with E-state index in [0.717, 1.165) is 4.68 Å². The van der Waals surface area contributed by atoms with Crippen molar-refractivity contribution in [3.63, 3.8) is 0 Å². The van der Waals surface area contributed by atoms with Crippen molar-refractivity contribution in [2.45, 2.75) is 13.5 Å². The Hall–Kier alpha value is -1.91. The monoisotopic (exact) mass is 208 g/mol. The van der Waals surface area contributed by atoms with E-state index in [2.05, 4.69) is 11.7 Å². The second kappa shape index (κ2) is 5.09. The van der Waals surface area contributed by atoms with E-state index in [1.807, 2.05) is 0 Å². The van der Waals surface area contributed by atoms with Crippen LogP contribution in [0.5, 0.6) is 0 Å². The van der Waals surface area contributed by atoms with E-state index in [-0.39, 0.29) is 18.7 Å². The van der Waals surface area contributed by atoms with Crippen LogP contribution in [0.4, 0.5) is 0 Å². The fraction of sp³-hybridized carbons (Fsp3) is 0.300. The molecule has 1 heterocycles. The second-order valence-electron chi connectivity index (χ2n) is 2.76. The number of ether oxygens (including phenoxy) is 1. The summed E-state index contributed by atoms with van der Waals surface area (Å²) in [4.78, 5) is 22.4. The van der Waals surface area contributed by atoms with Crippen LogP contribution in [0.25, 0.3) is 6.08 Å². The first-order valence-electron chi connectivity index (χ1n) is 4.53. The number of nitrogens with zero attached hydrogens (tertiary/aromatic N) is 2. The van der Waals surface area contributed by atoms with Gasteiger partial charge in [0.2, 0.25) is 0 Å². The molecule has 0 aliphatic heterocycles. The number of aromatic nitrogens is 2. The van der Waals surface area contributed by atoms with Crippen molar-refractivity contribution in [2.75, 3.05) is 6.61 Å². The Bertz CT molecular complexity index is 423. The molecule has 80 valence electrons. The standard InChI is InChI=1S/C10H12N2O3/c1-3-8-5-6-9(13)12(11-8)7-10(14)15-4-2/h3,5-6H,1,4,7H2,2H3. The van der Waals surface area contributed by atoms with Crippen molar-refractivity contribution in [3.8, 4) is 0 Å². The van der Waals surface area contributed by atoms with Gasteiger partial charge >= 0.3 is 5.97 Å². The molecule has 0 bridgehead atoms. The predicted octanol–water partition coefficient (Wildman–Crippen LogP) is 0.449. The third-order valence-corrected chi connectivity index (χ3v) is 1.68. The first-order chi connectivity index (χ1) is 7.17. The lowest BCUT2D eigenvalue weighted by atomic mass is 10.4. The largest absolute Gasteiger partial charge is 0.465 e. The summed E-state index contributed by atoms with van der Waals surface area (Å²) in [6, 6.07) is 2.88. The number of carbonyl (C=O) groups is 1. The molecular formula is C10H12N2O3. The molecule has 0 fully saturated rings. The molecule has 0 saturated heterocycles. The van der Waals surface area contributed by atoms with Crippen LogP contribution in [-0.2, 0) is 16.1 Å². The average Bonchev–Trinajstić information content (AvgIpc) is 2.21. The summed E-state index contributed by atoms with van der Waals surface area (Å²) in [6.45, 7) is 5.34. The molecule has 1 aromatic heterocycles. The summed E-state index contributed by atoms with van der Waals surface area (Å²) in [5, 5.41) is 3.90. The Morgan fingerprint density at radius 1 is 1.67 bits per heavy atom. The Labute approximate surface area is 87.0 Å². The summed E-state index contributed by atoms with van der Waals surface area (Å²) in [6.07, 6.45) is 1.50. The van der Waals surface area contributed by atoms with Crippen molar-refractivity contribution in [1.29, 1.82) is 0 Å². The van der Waals surface area contributed by atoms with Crippen LogP contribution in [0.3, 0.4) is 0 Å². The molecule has 0 aromatic carbocycles. The van der Waals surface area contributed by atoms with Gasteiger partial charge in [0.15, 0.2) is 0 Å². The Morgan fingerprint density at radius 3 is 3.00 bits per heavy atom. The van der Waals surface area contributed by atoms with E-state index < -0.39 is 5.97 Å². The lowest BCUT2D eigenvalue weighted by Gasteiger charge is -2.04. The molecule has 0 unspecified atom stereocenters. The van der Waals surface area contributed by atoms with Gasteiger partial charge in [-0.2, -0.15) is 5.10 Å². The van der Waals surface area contributed by atoms with Gasteiger partial charge in [-0.25, -0.2) is 4.68 Å². The number of hydrogen-bond acceptors (Lipinski definition) is 4. The molecule has 5 nitrogen and oxygen atoms in total. The Kier molecular flexibility index (Phi) is 3.79. The number of esters is 1. The van der Waals surface area contributed by atoms with Gasteiger partial charge in [0.1, 0.15) is 6.54 Å². The maximum atomic E-state index is 11.3. The summed E-state index contributed by atoms with van der Waals surface area (Å²) in [5.74, 6) is -0.478. The van der Waals surface area contributed by atoms with Gasteiger partial charge in [0.05, 0.1) is 12.3 Å². The van der Waals surface area contributed by atoms with E-state index in [0.29, 0.717) is 5.69 Å². The minimum Gasteiger partial charge on any atom is -0.465 e. The van der Waals surface area contributed by atoms with Gasteiger partial charge in [-0.05, 0) is 19.1 Å². The molecule has 0 amide bonds. The molecule has 5 heteroatoms. The van der Waals surface area contributed by atoms with E-state index >= 15 is 0 Å². The van der Waals surface area contributed by atoms with Gasteiger partial charge in [0.25, 0.3) is 5.56 Å². The minimum atomic E-state index is -0.478. The van der Waals surface area contributed by atoms with E-state index in [4.69, 9.17) is 4.74 Å². The van der Waals surface area contributed by atoms with Crippen LogP contribution < -0.4 is 5.56 Å². The fourth-order valence-electron chi connectivity index (χ4n) is 1.02. The zero-order valence-corrected chi connectivity index (χ0v) is 8.47. The first-order valence-corrected chi connectivity index (χ1v) is 4.53. The highest BCUT2D eigenvalue weighted by Crippen LogP contribution is 1.92. The third-order valence-electron chi connectivity index (χ3n) is 1.68. The van der Waals surface area contributed by atoms with Crippen LogP contribution in [0, 0.1) is 0 Å². The normalized spacial score (nSPS) is 9.67. The van der Waals surface area contributed by atoms with Crippen molar-refractivity contribution in [2.24, 2.45) is 0 Å². The second-order valence-corrected chi connectivity index (χ2v) is 2.76. The zero-order valence-electron chi connectivity index (χ0n) is 8.47. The predicted molar refractivity (Wildman–Crippen MR) is 55.2 cm³/mol.